The van der Waals surface area contributed by atoms with Crippen molar-refractivity contribution in [3.63, 3.8) is 0 Å². The van der Waals surface area contributed by atoms with Crippen molar-refractivity contribution >= 4 is 5.97 Å². The molecule has 0 fully saturated rings. The number of rotatable bonds is 4. The second-order valence-electron chi connectivity index (χ2n) is 5.12. The number of aromatic hydroxyl groups is 1. The third-order valence-corrected chi connectivity index (χ3v) is 2.46. The van der Waals surface area contributed by atoms with E-state index in [1.165, 1.54) is 5.56 Å². The minimum atomic E-state index is -0.0989. The van der Waals surface area contributed by atoms with Crippen molar-refractivity contribution in [2.75, 3.05) is 0 Å². The zero-order valence-electron chi connectivity index (χ0n) is 12.6. The van der Waals surface area contributed by atoms with Gasteiger partial charge >= 0.3 is 5.97 Å². The second kappa shape index (κ2) is 9.42. The lowest BCUT2D eigenvalue weighted by atomic mass is 10.1. The fourth-order valence-corrected chi connectivity index (χ4v) is 1.56. The minimum absolute atomic E-state index is 0.0717. The molecule has 0 saturated carbocycles. The zero-order valence-corrected chi connectivity index (χ0v) is 12.6. The Bertz CT molecular complexity index is 334. The van der Waals surface area contributed by atoms with Crippen molar-refractivity contribution in [2.24, 2.45) is 5.92 Å². The molecule has 3 nitrogen and oxygen atoms in total. The number of phenols is 1. The monoisotopic (exact) mass is 266 g/mol. The van der Waals surface area contributed by atoms with Crippen molar-refractivity contribution in [3.8, 4) is 5.75 Å². The van der Waals surface area contributed by atoms with E-state index < -0.39 is 0 Å². The van der Waals surface area contributed by atoms with Crippen molar-refractivity contribution in [1.82, 2.24) is 0 Å². The van der Waals surface area contributed by atoms with Crippen LogP contribution in [0.5, 0.6) is 5.75 Å². The molecule has 19 heavy (non-hydrogen) atoms. The summed E-state index contributed by atoms with van der Waals surface area (Å²) in [5.74, 6) is 0.823. The Labute approximate surface area is 116 Å². The molecular weight excluding hydrogens is 240 g/mol. The third-order valence-electron chi connectivity index (χ3n) is 2.46. The Morgan fingerprint density at radius 2 is 1.74 bits per heavy atom. The summed E-state index contributed by atoms with van der Waals surface area (Å²) in [5.41, 5.74) is 1.17. The summed E-state index contributed by atoms with van der Waals surface area (Å²) in [7, 11) is 0. The average molecular weight is 266 g/mol. The van der Waals surface area contributed by atoms with E-state index in [0.717, 1.165) is 6.42 Å². The molecule has 0 saturated heterocycles. The summed E-state index contributed by atoms with van der Waals surface area (Å²) in [4.78, 5) is 10.8. The normalized spacial score (nSPS) is 11.5. The molecule has 1 N–H and O–H groups in total. The van der Waals surface area contributed by atoms with Gasteiger partial charge in [0.1, 0.15) is 5.75 Å². The SMILES string of the molecule is CCC(=O)OC(C)CC(C)C.Cc1ccc(O)cc1. The van der Waals surface area contributed by atoms with Gasteiger partial charge in [0, 0.05) is 6.42 Å². The summed E-state index contributed by atoms with van der Waals surface area (Å²) in [5, 5.41) is 8.76. The minimum Gasteiger partial charge on any atom is -0.508 e. The fraction of sp³-hybridized carbons (Fsp3) is 0.562. The van der Waals surface area contributed by atoms with E-state index in [0.29, 0.717) is 18.1 Å². The molecule has 1 aromatic carbocycles. The number of carbonyl (C=O) groups excluding carboxylic acids is 1. The zero-order chi connectivity index (χ0) is 14.8. The van der Waals surface area contributed by atoms with Crippen molar-refractivity contribution in [1.29, 1.82) is 0 Å². The van der Waals surface area contributed by atoms with Gasteiger partial charge in [-0.05, 0) is 38.3 Å². The third kappa shape index (κ3) is 10.1. The van der Waals surface area contributed by atoms with Gasteiger partial charge in [0.2, 0.25) is 0 Å². The maximum absolute atomic E-state index is 10.8. The van der Waals surface area contributed by atoms with Crippen LogP contribution in [0.25, 0.3) is 0 Å². The van der Waals surface area contributed by atoms with Crippen LogP contribution in [0.15, 0.2) is 24.3 Å². The van der Waals surface area contributed by atoms with Gasteiger partial charge in [0.15, 0.2) is 0 Å². The standard InChI is InChI=1S/C9H18O2.C7H8O/c1-5-9(10)11-8(4)6-7(2)3;1-6-2-4-7(8)5-3-6/h7-8H,5-6H2,1-4H3;2-5,8H,1H3. The number of esters is 1. The van der Waals surface area contributed by atoms with Gasteiger partial charge in [-0.2, -0.15) is 0 Å². The molecule has 1 aromatic rings. The summed E-state index contributed by atoms with van der Waals surface area (Å²) in [6.45, 7) is 9.98. The van der Waals surface area contributed by atoms with E-state index in [1.54, 1.807) is 12.1 Å². The highest BCUT2D eigenvalue weighted by molar-refractivity contribution is 5.69. The topological polar surface area (TPSA) is 46.5 Å². The molecule has 0 aliphatic rings. The molecule has 0 heterocycles. The molecule has 1 atom stereocenters. The molecule has 1 rings (SSSR count). The lowest BCUT2D eigenvalue weighted by Crippen LogP contribution is -2.15. The number of phenolic OH excluding ortho intramolecular Hbond substituents is 1. The van der Waals surface area contributed by atoms with Crippen LogP contribution in [-0.2, 0) is 9.53 Å². The second-order valence-corrected chi connectivity index (χ2v) is 5.12. The number of ether oxygens (including phenoxy) is 1. The van der Waals surface area contributed by atoms with Gasteiger partial charge in [-0.15, -0.1) is 0 Å². The van der Waals surface area contributed by atoms with Crippen molar-refractivity contribution < 1.29 is 14.6 Å². The van der Waals surface area contributed by atoms with Crippen molar-refractivity contribution in [2.45, 2.75) is 53.6 Å². The van der Waals surface area contributed by atoms with Crippen LogP contribution in [-0.4, -0.2) is 17.2 Å². The van der Waals surface area contributed by atoms with E-state index in [-0.39, 0.29) is 12.1 Å². The number of hydrogen-bond acceptors (Lipinski definition) is 3. The van der Waals surface area contributed by atoms with Gasteiger partial charge in [-0.1, -0.05) is 38.5 Å². The Morgan fingerprint density at radius 3 is 2.11 bits per heavy atom. The fourth-order valence-electron chi connectivity index (χ4n) is 1.56. The van der Waals surface area contributed by atoms with E-state index >= 15 is 0 Å². The molecule has 0 spiro atoms. The van der Waals surface area contributed by atoms with Gasteiger partial charge in [-0.25, -0.2) is 0 Å². The lowest BCUT2D eigenvalue weighted by molar-refractivity contribution is -0.148. The highest BCUT2D eigenvalue weighted by atomic mass is 16.5. The van der Waals surface area contributed by atoms with Gasteiger partial charge in [0.05, 0.1) is 6.10 Å². The number of benzene rings is 1. The van der Waals surface area contributed by atoms with Gasteiger partial charge in [-0.3, -0.25) is 4.79 Å². The molecule has 0 aliphatic heterocycles. The highest BCUT2D eigenvalue weighted by Crippen LogP contribution is 2.08. The van der Waals surface area contributed by atoms with E-state index in [4.69, 9.17) is 9.84 Å². The Morgan fingerprint density at radius 1 is 1.21 bits per heavy atom. The molecule has 0 radical (unpaired) electrons. The van der Waals surface area contributed by atoms with Gasteiger partial charge in [0.25, 0.3) is 0 Å². The Kier molecular flexibility index (Phi) is 8.68. The van der Waals surface area contributed by atoms with Crippen molar-refractivity contribution in [3.05, 3.63) is 29.8 Å². The summed E-state index contributed by atoms with van der Waals surface area (Å²) >= 11 is 0. The number of hydrogen-bond donors (Lipinski definition) is 1. The molecule has 0 aromatic heterocycles. The number of carbonyl (C=O) groups is 1. The molecule has 108 valence electrons. The van der Waals surface area contributed by atoms with Crippen LogP contribution in [0.1, 0.15) is 46.1 Å². The predicted octanol–water partition coefficient (Wildman–Crippen LogP) is 4.07. The molecule has 1 unspecified atom stereocenters. The van der Waals surface area contributed by atoms with E-state index in [9.17, 15) is 4.79 Å². The largest absolute Gasteiger partial charge is 0.508 e. The van der Waals surface area contributed by atoms with E-state index in [2.05, 4.69) is 13.8 Å². The molecule has 0 bridgehead atoms. The van der Waals surface area contributed by atoms with Crippen LogP contribution in [0, 0.1) is 12.8 Å². The van der Waals surface area contributed by atoms with Crippen LogP contribution >= 0.6 is 0 Å². The van der Waals surface area contributed by atoms with Crippen LogP contribution < -0.4 is 0 Å². The summed E-state index contributed by atoms with van der Waals surface area (Å²) in [6.07, 6.45) is 1.50. The maximum atomic E-state index is 10.8. The quantitative estimate of drug-likeness (QED) is 0.835. The summed E-state index contributed by atoms with van der Waals surface area (Å²) in [6, 6.07) is 7.09. The first kappa shape index (κ1) is 17.5. The first-order valence-electron chi connectivity index (χ1n) is 6.80. The maximum Gasteiger partial charge on any atom is 0.305 e. The van der Waals surface area contributed by atoms with Crippen LogP contribution in [0.3, 0.4) is 0 Å². The van der Waals surface area contributed by atoms with Gasteiger partial charge < -0.3 is 9.84 Å². The predicted molar refractivity (Wildman–Crippen MR) is 78.1 cm³/mol. The highest BCUT2D eigenvalue weighted by Gasteiger charge is 2.08. The Hall–Kier alpha value is -1.51. The smallest absolute Gasteiger partial charge is 0.305 e. The first-order valence-corrected chi connectivity index (χ1v) is 6.80. The Balaban J connectivity index is 0.000000356. The molecule has 0 aliphatic carbocycles. The molecule has 3 heteroatoms. The van der Waals surface area contributed by atoms with Crippen LogP contribution in [0.2, 0.25) is 0 Å². The molecular formula is C16H26O3. The molecule has 0 amide bonds. The summed E-state index contributed by atoms with van der Waals surface area (Å²) < 4.78 is 5.07. The van der Waals surface area contributed by atoms with E-state index in [1.807, 2.05) is 32.9 Å². The number of aryl methyl sites for hydroxylation is 1. The van der Waals surface area contributed by atoms with Crippen LogP contribution in [0.4, 0.5) is 0 Å². The lowest BCUT2D eigenvalue weighted by Gasteiger charge is -2.14. The average Bonchev–Trinajstić information content (AvgIpc) is 2.32. The first-order chi connectivity index (χ1) is 8.85.